The Morgan fingerprint density at radius 1 is 1.10 bits per heavy atom. The topological polar surface area (TPSA) is 37.3 Å². The smallest absolute Gasteiger partial charge is 0.387 e. The van der Waals surface area contributed by atoms with Gasteiger partial charge < -0.3 is 14.4 Å². The average molecular weight is 399 g/mol. The molecule has 0 aliphatic carbocycles. The lowest BCUT2D eigenvalue weighted by Gasteiger charge is -2.50. The molecule has 2 aromatic carbocycles. The first-order valence-electron chi connectivity index (χ1n) is 9.93. The monoisotopic (exact) mass is 399 g/mol. The van der Waals surface area contributed by atoms with Crippen LogP contribution in [0.3, 0.4) is 0 Å². The molecule has 3 heterocycles. The summed E-state index contributed by atoms with van der Waals surface area (Å²) in [5.41, 5.74) is 2.57. The maximum absolute atomic E-state index is 12.4. The summed E-state index contributed by atoms with van der Waals surface area (Å²) < 4.78 is 35.9. The fraction of sp³-hybridized carbons (Fsp3) is 0.409. The molecule has 1 atom stereocenters. The number of likely N-dealkylation sites (tertiary alicyclic amines) is 1. The summed E-state index contributed by atoms with van der Waals surface area (Å²) in [7, 11) is 2.13. The molecule has 5 nitrogen and oxygen atoms in total. The Hall–Kier alpha value is -2.67. The van der Waals surface area contributed by atoms with Crippen molar-refractivity contribution in [2.45, 2.75) is 37.6 Å². The largest absolute Gasteiger partial charge is 0.466 e. The van der Waals surface area contributed by atoms with Gasteiger partial charge in [0.25, 0.3) is 0 Å². The molecule has 7 heteroatoms. The Morgan fingerprint density at radius 3 is 2.55 bits per heavy atom. The number of nitrogens with zero attached hydrogens (tertiary/aromatic N) is 3. The van der Waals surface area contributed by atoms with Crippen molar-refractivity contribution >= 4 is 5.71 Å². The number of halogens is 2. The van der Waals surface area contributed by atoms with Gasteiger partial charge in [-0.15, -0.1) is 0 Å². The summed E-state index contributed by atoms with van der Waals surface area (Å²) in [4.78, 5) is 2.31. The Labute approximate surface area is 168 Å². The lowest BCUT2D eigenvalue weighted by molar-refractivity contribution is -0.147. The minimum absolute atomic E-state index is 0.121. The van der Waals surface area contributed by atoms with E-state index in [-0.39, 0.29) is 11.8 Å². The second kappa shape index (κ2) is 6.99. The van der Waals surface area contributed by atoms with Crippen molar-refractivity contribution in [3.05, 3.63) is 59.7 Å². The zero-order valence-corrected chi connectivity index (χ0v) is 16.2. The molecule has 0 amide bonds. The van der Waals surface area contributed by atoms with E-state index in [1.54, 1.807) is 24.3 Å². The third kappa shape index (κ3) is 3.23. The SMILES string of the molecule is CN1CCC2(CC1)Oc1ccccc1[C@@H]1CC(c3ccc(OC(F)F)cc3)=NN12. The third-order valence-corrected chi connectivity index (χ3v) is 6.09. The summed E-state index contributed by atoms with van der Waals surface area (Å²) in [6.07, 6.45) is 2.52. The van der Waals surface area contributed by atoms with Gasteiger partial charge >= 0.3 is 6.61 Å². The maximum atomic E-state index is 12.4. The van der Waals surface area contributed by atoms with Crippen LogP contribution in [0.25, 0.3) is 0 Å². The fourth-order valence-corrected chi connectivity index (χ4v) is 4.53. The molecule has 5 rings (SSSR count). The molecule has 152 valence electrons. The van der Waals surface area contributed by atoms with Crippen LogP contribution in [-0.4, -0.2) is 48.1 Å². The minimum atomic E-state index is -2.82. The number of para-hydroxylation sites is 1. The molecule has 0 saturated carbocycles. The van der Waals surface area contributed by atoms with Crippen LogP contribution < -0.4 is 9.47 Å². The molecule has 3 aliphatic rings. The summed E-state index contributed by atoms with van der Waals surface area (Å²) in [6, 6.07) is 15.0. The van der Waals surface area contributed by atoms with Crippen molar-refractivity contribution in [1.29, 1.82) is 0 Å². The van der Waals surface area contributed by atoms with E-state index < -0.39 is 12.3 Å². The van der Waals surface area contributed by atoms with Gasteiger partial charge in [-0.25, -0.2) is 5.01 Å². The molecular weight excluding hydrogens is 376 g/mol. The molecule has 0 radical (unpaired) electrons. The molecule has 2 aromatic rings. The molecule has 0 bridgehead atoms. The van der Waals surface area contributed by atoms with Crippen LogP contribution >= 0.6 is 0 Å². The highest BCUT2D eigenvalue weighted by Gasteiger charge is 2.51. The minimum Gasteiger partial charge on any atom is -0.466 e. The van der Waals surface area contributed by atoms with Gasteiger partial charge in [-0.3, -0.25) is 0 Å². The molecular formula is C22H23F2N3O2. The first-order chi connectivity index (χ1) is 14.0. The van der Waals surface area contributed by atoms with Crippen LogP contribution in [0.2, 0.25) is 0 Å². The first kappa shape index (κ1) is 18.4. The molecule has 1 saturated heterocycles. The van der Waals surface area contributed by atoms with Crippen molar-refractivity contribution in [1.82, 2.24) is 9.91 Å². The van der Waals surface area contributed by atoms with Crippen LogP contribution in [0.5, 0.6) is 11.5 Å². The molecule has 1 spiro atoms. The number of hydrogen-bond donors (Lipinski definition) is 0. The van der Waals surface area contributed by atoms with Gasteiger partial charge in [0.05, 0.1) is 11.8 Å². The van der Waals surface area contributed by atoms with Gasteiger partial charge in [0, 0.05) is 37.9 Å². The zero-order chi connectivity index (χ0) is 20.0. The molecule has 1 fully saturated rings. The number of hydrogen-bond acceptors (Lipinski definition) is 5. The van der Waals surface area contributed by atoms with E-state index in [0.717, 1.165) is 54.9 Å². The maximum Gasteiger partial charge on any atom is 0.387 e. The van der Waals surface area contributed by atoms with Crippen molar-refractivity contribution in [3.8, 4) is 11.5 Å². The van der Waals surface area contributed by atoms with E-state index in [2.05, 4.69) is 27.8 Å². The number of rotatable bonds is 3. The van der Waals surface area contributed by atoms with E-state index in [9.17, 15) is 8.78 Å². The quantitative estimate of drug-likeness (QED) is 0.773. The summed E-state index contributed by atoms with van der Waals surface area (Å²) >= 11 is 0. The van der Waals surface area contributed by atoms with E-state index in [1.807, 2.05) is 18.2 Å². The van der Waals surface area contributed by atoms with Gasteiger partial charge in [0.2, 0.25) is 5.72 Å². The van der Waals surface area contributed by atoms with Crippen LogP contribution in [0.1, 0.15) is 36.4 Å². The number of benzene rings is 2. The summed E-state index contributed by atoms with van der Waals surface area (Å²) in [6.45, 7) is -0.914. The normalized spacial score (nSPS) is 22.8. The van der Waals surface area contributed by atoms with E-state index in [1.165, 1.54) is 0 Å². The Morgan fingerprint density at radius 2 is 1.83 bits per heavy atom. The predicted octanol–water partition coefficient (Wildman–Crippen LogP) is 4.25. The van der Waals surface area contributed by atoms with Crippen molar-refractivity contribution in [3.63, 3.8) is 0 Å². The zero-order valence-electron chi connectivity index (χ0n) is 16.2. The van der Waals surface area contributed by atoms with Gasteiger partial charge in [0.15, 0.2) is 0 Å². The Bertz CT molecular complexity index is 924. The average Bonchev–Trinajstić information content (AvgIpc) is 3.17. The number of hydrazone groups is 1. The van der Waals surface area contributed by atoms with Crippen LogP contribution in [0, 0.1) is 0 Å². The van der Waals surface area contributed by atoms with Crippen molar-refractivity contribution in [2.75, 3.05) is 20.1 Å². The highest BCUT2D eigenvalue weighted by Crippen LogP contribution is 2.49. The van der Waals surface area contributed by atoms with E-state index in [0.29, 0.717) is 0 Å². The van der Waals surface area contributed by atoms with Gasteiger partial charge in [-0.2, -0.15) is 13.9 Å². The molecule has 0 N–H and O–H groups in total. The summed E-state index contributed by atoms with van der Waals surface area (Å²) in [5, 5.41) is 7.14. The van der Waals surface area contributed by atoms with Gasteiger partial charge in [0.1, 0.15) is 11.5 Å². The standard InChI is InChI=1S/C22H23F2N3O2/c1-26-12-10-22(11-13-26)27-19(17-4-2-3-5-20(17)29-22)14-18(25-27)15-6-8-16(9-7-15)28-21(23)24/h2-9,19,21H,10-14H2,1H3/t19-/m0/s1. The first-order valence-corrected chi connectivity index (χ1v) is 9.93. The van der Waals surface area contributed by atoms with Crippen molar-refractivity contribution in [2.24, 2.45) is 5.10 Å². The lowest BCUT2D eigenvalue weighted by Crippen LogP contribution is -2.58. The van der Waals surface area contributed by atoms with E-state index in [4.69, 9.17) is 9.84 Å². The van der Waals surface area contributed by atoms with Crippen LogP contribution in [-0.2, 0) is 0 Å². The molecule has 0 aromatic heterocycles. The summed E-state index contributed by atoms with van der Waals surface area (Å²) in [5.74, 6) is 1.09. The molecule has 29 heavy (non-hydrogen) atoms. The lowest BCUT2D eigenvalue weighted by atomic mass is 9.91. The predicted molar refractivity (Wildman–Crippen MR) is 105 cm³/mol. The molecule has 0 unspecified atom stereocenters. The fourth-order valence-electron chi connectivity index (χ4n) is 4.53. The van der Waals surface area contributed by atoms with E-state index >= 15 is 0 Å². The van der Waals surface area contributed by atoms with Gasteiger partial charge in [-0.05, 0) is 42.9 Å². The van der Waals surface area contributed by atoms with Crippen molar-refractivity contribution < 1.29 is 18.3 Å². The number of piperidine rings is 1. The Kier molecular flexibility index (Phi) is 4.42. The second-order valence-electron chi connectivity index (χ2n) is 7.90. The Balaban J connectivity index is 1.49. The van der Waals surface area contributed by atoms with Crippen LogP contribution in [0.4, 0.5) is 8.78 Å². The number of alkyl halides is 2. The molecule has 3 aliphatic heterocycles. The highest BCUT2D eigenvalue weighted by molar-refractivity contribution is 6.02. The third-order valence-electron chi connectivity index (χ3n) is 6.09. The van der Waals surface area contributed by atoms with Crippen LogP contribution in [0.15, 0.2) is 53.6 Å². The van der Waals surface area contributed by atoms with Gasteiger partial charge in [-0.1, -0.05) is 18.2 Å². The highest BCUT2D eigenvalue weighted by atomic mass is 19.3. The number of ether oxygens (including phenoxy) is 2. The second-order valence-corrected chi connectivity index (χ2v) is 7.90. The number of fused-ring (bicyclic) bond motifs is 4.